The molecule has 1 atom stereocenters. The Hall–Kier alpha value is -1.47. The first kappa shape index (κ1) is 14.0. The first-order valence-corrected chi connectivity index (χ1v) is 7.50. The fourth-order valence-electron chi connectivity index (χ4n) is 1.81. The van der Waals surface area contributed by atoms with Crippen LogP contribution in [0.3, 0.4) is 0 Å². The zero-order chi connectivity index (χ0) is 14.0. The highest BCUT2D eigenvalue weighted by atomic mass is 32.2. The molecule has 1 aliphatic rings. The van der Waals surface area contributed by atoms with Crippen molar-refractivity contribution in [3.63, 3.8) is 0 Å². The van der Waals surface area contributed by atoms with Gasteiger partial charge in [-0.2, -0.15) is 0 Å². The van der Waals surface area contributed by atoms with Gasteiger partial charge in [-0.15, -0.1) is 0 Å². The third kappa shape index (κ3) is 4.00. The van der Waals surface area contributed by atoms with Crippen molar-refractivity contribution in [1.29, 1.82) is 0 Å². The summed E-state index contributed by atoms with van der Waals surface area (Å²) >= 11 is 0. The lowest BCUT2D eigenvalue weighted by Gasteiger charge is -2.13. The molecule has 7 heteroatoms. The highest BCUT2D eigenvalue weighted by Gasteiger charge is 2.38. The van der Waals surface area contributed by atoms with Crippen LogP contribution in [0.1, 0.15) is 18.4 Å². The zero-order valence-corrected chi connectivity index (χ0v) is 10.9. The van der Waals surface area contributed by atoms with E-state index in [1.807, 2.05) is 0 Å². The van der Waals surface area contributed by atoms with Crippen LogP contribution in [0.5, 0.6) is 0 Å². The molecule has 0 spiro atoms. The molecule has 1 unspecified atom stereocenters. The number of nitrogens with one attached hydrogen (secondary N) is 1. The molecule has 0 bridgehead atoms. The van der Waals surface area contributed by atoms with Gasteiger partial charge in [0.25, 0.3) is 0 Å². The Morgan fingerprint density at radius 2 is 1.95 bits per heavy atom. The van der Waals surface area contributed by atoms with Crippen molar-refractivity contribution in [3.8, 4) is 0 Å². The Balaban J connectivity index is 2.05. The third-order valence-corrected chi connectivity index (χ3v) is 4.26. The molecule has 2 rings (SSSR count). The molecule has 0 saturated heterocycles. The van der Waals surface area contributed by atoms with Crippen LogP contribution in [0.15, 0.2) is 24.3 Å². The van der Waals surface area contributed by atoms with Crippen molar-refractivity contribution in [2.45, 2.75) is 24.6 Å². The summed E-state index contributed by atoms with van der Waals surface area (Å²) in [7, 11) is -3.75. The molecule has 1 fully saturated rings. The van der Waals surface area contributed by atoms with E-state index in [4.69, 9.17) is 5.11 Å². The van der Waals surface area contributed by atoms with E-state index >= 15 is 0 Å². The van der Waals surface area contributed by atoms with Crippen LogP contribution in [-0.4, -0.2) is 25.5 Å². The van der Waals surface area contributed by atoms with Crippen LogP contribution in [-0.2, 0) is 20.6 Å². The minimum absolute atomic E-state index is 0.125. The molecule has 0 amide bonds. The van der Waals surface area contributed by atoms with Gasteiger partial charge in [-0.1, -0.05) is 12.1 Å². The van der Waals surface area contributed by atoms with E-state index < -0.39 is 27.9 Å². The molecule has 0 aromatic heterocycles. The van der Waals surface area contributed by atoms with Crippen LogP contribution >= 0.6 is 0 Å². The fraction of sp³-hybridized carbons (Fsp3) is 0.417. The summed E-state index contributed by atoms with van der Waals surface area (Å²) in [6.07, 6.45) is 1.44. The number of hydrogen-bond acceptors (Lipinski definition) is 3. The van der Waals surface area contributed by atoms with E-state index in [-0.39, 0.29) is 11.7 Å². The number of carbonyl (C=O) groups is 1. The fourth-order valence-corrected chi connectivity index (χ4v) is 3.21. The van der Waals surface area contributed by atoms with Crippen LogP contribution in [0.25, 0.3) is 0 Å². The van der Waals surface area contributed by atoms with Crippen molar-refractivity contribution >= 4 is 16.0 Å². The van der Waals surface area contributed by atoms with Crippen molar-refractivity contribution in [2.24, 2.45) is 5.92 Å². The standard InChI is InChI=1S/C12H14FNO4S/c13-10-5-1-8(2-6-10)7-19(17,18)14-11(12(15)16)9-3-4-9/h1-2,5-6,9,11,14H,3-4,7H2,(H,15,16). The lowest BCUT2D eigenvalue weighted by atomic mass is 10.2. The van der Waals surface area contributed by atoms with Crippen molar-refractivity contribution in [2.75, 3.05) is 0 Å². The normalized spacial score (nSPS) is 17.1. The van der Waals surface area contributed by atoms with Crippen molar-refractivity contribution in [1.82, 2.24) is 4.72 Å². The van der Waals surface area contributed by atoms with E-state index in [9.17, 15) is 17.6 Å². The predicted molar refractivity (Wildman–Crippen MR) is 66.3 cm³/mol. The topological polar surface area (TPSA) is 83.5 Å². The van der Waals surface area contributed by atoms with E-state index in [1.54, 1.807) is 0 Å². The minimum atomic E-state index is -3.75. The molecule has 0 heterocycles. The molecule has 1 aromatic rings. The van der Waals surface area contributed by atoms with E-state index in [0.29, 0.717) is 5.56 Å². The molecule has 5 nitrogen and oxygen atoms in total. The molecule has 0 radical (unpaired) electrons. The molecule has 104 valence electrons. The van der Waals surface area contributed by atoms with Gasteiger partial charge in [0.15, 0.2) is 0 Å². The van der Waals surface area contributed by atoms with Gasteiger partial charge in [0.05, 0.1) is 5.75 Å². The van der Waals surface area contributed by atoms with Gasteiger partial charge in [0.2, 0.25) is 10.0 Å². The number of benzene rings is 1. The van der Waals surface area contributed by atoms with E-state index in [1.165, 1.54) is 24.3 Å². The molecular weight excluding hydrogens is 273 g/mol. The van der Waals surface area contributed by atoms with Crippen LogP contribution in [0, 0.1) is 11.7 Å². The number of hydrogen-bond donors (Lipinski definition) is 2. The Morgan fingerprint density at radius 1 is 1.37 bits per heavy atom. The second-order valence-electron chi connectivity index (χ2n) is 4.66. The summed E-state index contributed by atoms with van der Waals surface area (Å²) in [4.78, 5) is 11.0. The first-order chi connectivity index (χ1) is 8.87. The SMILES string of the molecule is O=C(O)C(NS(=O)(=O)Cc1ccc(F)cc1)C1CC1. The monoisotopic (exact) mass is 287 g/mol. The minimum Gasteiger partial charge on any atom is -0.480 e. The van der Waals surface area contributed by atoms with Gasteiger partial charge in [0, 0.05) is 0 Å². The second kappa shape index (κ2) is 5.26. The maximum Gasteiger partial charge on any atom is 0.322 e. The molecule has 2 N–H and O–H groups in total. The van der Waals surface area contributed by atoms with Crippen molar-refractivity contribution in [3.05, 3.63) is 35.6 Å². The van der Waals surface area contributed by atoms with E-state index in [0.717, 1.165) is 12.8 Å². The third-order valence-electron chi connectivity index (χ3n) is 2.94. The predicted octanol–water partition coefficient (Wildman–Crippen LogP) is 1.11. The number of halogens is 1. The quantitative estimate of drug-likeness (QED) is 0.821. The highest BCUT2D eigenvalue weighted by molar-refractivity contribution is 7.88. The Morgan fingerprint density at radius 3 is 2.42 bits per heavy atom. The summed E-state index contributed by atoms with van der Waals surface area (Å²) in [6.45, 7) is 0. The maximum atomic E-state index is 12.7. The molecular formula is C12H14FNO4S. The highest BCUT2D eigenvalue weighted by Crippen LogP contribution is 2.33. The summed E-state index contributed by atoms with van der Waals surface area (Å²) in [6, 6.07) is 3.99. The lowest BCUT2D eigenvalue weighted by molar-refractivity contribution is -0.139. The van der Waals surface area contributed by atoms with Gasteiger partial charge in [0.1, 0.15) is 11.9 Å². The molecule has 0 aliphatic heterocycles. The second-order valence-corrected chi connectivity index (χ2v) is 6.41. The summed E-state index contributed by atoms with van der Waals surface area (Å²) in [5.41, 5.74) is 0.411. The lowest BCUT2D eigenvalue weighted by Crippen LogP contribution is -2.42. The van der Waals surface area contributed by atoms with E-state index in [2.05, 4.69) is 4.72 Å². The first-order valence-electron chi connectivity index (χ1n) is 5.84. The van der Waals surface area contributed by atoms with Crippen LogP contribution < -0.4 is 4.72 Å². The Kier molecular flexibility index (Phi) is 3.86. The van der Waals surface area contributed by atoms with Gasteiger partial charge >= 0.3 is 5.97 Å². The summed E-state index contributed by atoms with van der Waals surface area (Å²) in [5.74, 6) is -2.09. The molecule has 19 heavy (non-hydrogen) atoms. The van der Waals surface area contributed by atoms with Crippen molar-refractivity contribution < 1.29 is 22.7 Å². The molecule has 1 aromatic carbocycles. The summed E-state index contributed by atoms with van der Waals surface area (Å²) < 4.78 is 38.6. The number of aliphatic carboxylic acids is 1. The Labute approximate surface area is 110 Å². The van der Waals surface area contributed by atoms with Gasteiger partial charge in [-0.05, 0) is 36.5 Å². The largest absolute Gasteiger partial charge is 0.480 e. The molecule has 1 aliphatic carbocycles. The van der Waals surface area contributed by atoms with Gasteiger partial charge in [-0.3, -0.25) is 4.79 Å². The number of rotatable bonds is 6. The maximum absolute atomic E-state index is 12.7. The number of sulfonamides is 1. The zero-order valence-electron chi connectivity index (χ0n) is 10.0. The number of carboxylic acids is 1. The molecule has 1 saturated carbocycles. The Bertz CT molecular complexity index is 566. The number of carboxylic acid groups (broad SMARTS) is 1. The van der Waals surface area contributed by atoms with Gasteiger partial charge < -0.3 is 5.11 Å². The van der Waals surface area contributed by atoms with Crippen LogP contribution in [0.4, 0.5) is 4.39 Å². The smallest absolute Gasteiger partial charge is 0.322 e. The van der Waals surface area contributed by atoms with Crippen LogP contribution in [0.2, 0.25) is 0 Å². The summed E-state index contributed by atoms with van der Waals surface area (Å²) in [5, 5.41) is 8.97. The average molecular weight is 287 g/mol. The van der Waals surface area contributed by atoms with Gasteiger partial charge in [-0.25, -0.2) is 17.5 Å². The average Bonchev–Trinajstić information content (AvgIpc) is 3.13.